The molecule has 0 saturated carbocycles. The van der Waals surface area contributed by atoms with Crippen molar-refractivity contribution in [1.82, 2.24) is 5.32 Å². The Morgan fingerprint density at radius 3 is 2.28 bits per heavy atom. The topological polar surface area (TPSA) is 58.6 Å². The normalized spacial score (nSPS) is 11.4. The third kappa shape index (κ3) is 6.57. The van der Waals surface area contributed by atoms with E-state index in [2.05, 4.69) is 64.8 Å². The molecule has 0 aliphatic rings. The number of ether oxygens (including phenoxy) is 1. The van der Waals surface area contributed by atoms with Crippen LogP contribution in [0.15, 0.2) is 42.5 Å². The fourth-order valence-electron chi connectivity index (χ4n) is 2.76. The van der Waals surface area contributed by atoms with Gasteiger partial charge < -0.3 is 15.2 Å². The van der Waals surface area contributed by atoms with E-state index < -0.39 is 6.09 Å². The third-order valence-corrected chi connectivity index (χ3v) is 4.54. The zero-order valence-electron chi connectivity index (χ0n) is 18.2. The number of benzene rings is 2. The first-order valence-corrected chi connectivity index (χ1v) is 9.80. The molecule has 4 heteroatoms. The summed E-state index contributed by atoms with van der Waals surface area (Å²) < 4.78 is 5.16. The van der Waals surface area contributed by atoms with Crippen LogP contribution in [0, 0.1) is 11.8 Å². The second kappa shape index (κ2) is 9.05. The van der Waals surface area contributed by atoms with Gasteiger partial charge in [-0.2, -0.15) is 0 Å². The third-order valence-electron chi connectivity index (χ3n) is 4.54. The van der Waals surface area contributed by atoms with E-state index in [0.717, 1.165) is 16.7 Å². The molecule has 29 heavy (non-hydrogen) atoms. The number of amides is 1. The monoisotopic (exact) mass is 393 g/mol. The molecule has 0 fully saturated rings. The first-order chi connectivity index (χ1) is 13.5. The van der Waals surface area contributed by atoms with E-state index in [1.807, 2.05) is 36.4 Å². The van der Waals surface area contributed by atoms with E-state index in [1.54, 1.807) is 0 Å². The summed E-state index contributed by atoms with van der Waals surface area (Å²) in [7, 11) is 0. The highest BCUT2D eigenvalue weighted by atomic mass is 16.5. The molecule has 0 saturated heterocycles. The van der Waals surface area contributed by atoms with E-state index in [4.69, 9.17) is 4.74 Å². The van der Waals surface area contributed by atoms with Crippen molar-refractivity contribution in [1.29, 1.82) is 0 Å². The largest absolute Gasteiger partial charge is 0.506 e. The first-order valence-electron chi connectivity index (χ1n) is 9.80. The lowest BCUT2D eigenvalue weighted by Crippen LogP contribution is -2.24. The summed E-state index contributed by atoms with van der Waals surface area (Å²) in [6, 6.07) is 13.5. The molecule has 0 heterocycles. The van der Waals surface area contributed by atoms with Gasteiger partial charge in [-0.1, -0.05) is 89.8 Å². The predicted molar refractivity (Wildman–Crippen MR) is 117 cm³/mol. The molecule has 2 aromatic carbocycles. The maximum atomic E-state index is 11.8. The Kier molecular flexibility index (Phi) is 6.97. The first kappa shape index (κ1) is 22.4. The van der Waals surface area contributed by atoms with Gasteiger partial charge in [-0.3, -0.25) is 0 Å². The average molecular weight is 394 g/mol. The molecular formula is C25H31NO3. The van der Waals surface area contributed by atoms with Gasteiger partial charge in [0, 0.05) is 5.56 Å². The smallest absolute Gasteiger partial charge is 0.408 e. The molecule has 2 rings (SSSR count). The van der Waals surface area contributed by atoms with Crippen LogP contribution in [0.2, 0.25) is 0 Å². The van der Waals surface area contributed by atoms with Crippen molar-refractivity contribution < 1.29 is 14.6 Å². The molecule has 0 unspecified atom stereocenters. The highest BCUT2D eigenvalue weighted by Gasteiger charge is 2.24. The van der Waals surface area contributed by atoms with Crippen molar-refractivity contribution in [3.63, 3.8) is 0 Å². The van der Waals surface area contributed by atoms with E-state index in [1.165, 1.54) is 0 Å². The second-order valence-corrected chi connectivity index (χ2v) is 9.14. The van der Waals surface area contributed by atoms with Gasteiger partial charge in [0.2, 0.25) is 0 Å². The van der Waals surface area contributed by atoms with Gasteiger partial charge in [0.25, 0.3) is 0 Å². The summed E-state index contributed by atoms with van der Waals surface area (Å²) in [6.45, 7) is 12.9. The average Bonchev–Trinajstić information content (AvgIpc) is 2.63. The lowest BCUT2D eigenvalue weighted by molar-refractivity contribution is 0.141. The van der Waals surface area contributed by atoms with E-state index >= 15 is 0 Å². The molecule has 2 N–H and O–H groups in total. The Morgan fingerprint density at radius 1 is 1.03 bits per heavy atom. The lowest BCUT2D eigenvalue weighted by Gasteiger charge is -2.26. The molecule has 1 amide bonds. The fraction of sp³-hybridized carbons (Fsp3) is 0.400. The summed E-state index contributed by atoms with van der Waals surface area (Å²) in [4.78, 5) is 11.8. The number of hydrogen-bond donors (Lipinski definition) is 2. The van der Waals surface area contributed by atoms with E-state index in [-0.39, 0.29) is 29.7 Å². The van der Waals surface area contributed by atoms with E-state index in [9.17, 15) is 9.90 Å². The molecule has 154 valence electrons. The maximum Gasteiger partial charge on any atom is 0.408 e. The van der Waals surface area contributed by atoms with Crippen molar-refractivity contribution in [3.05, 3.63) is 64.7 Å². The van der Waals surface area contributed by atoms with Crippen molar-refractivity contribution in [2.24, 2.45) is 0 Å². The number of carbonyl (C=O) groups excluding carboxylic acids is 1. The lowest BCUT2D eigenvalue weighted by atomic mass is 9.79. The van der Waals surface area contributed by atoms with Crippen LogP contribution in [0.3, 0.4) is 0 Å². The Bertz CT molecular complexity index is 907. The summed E-state index contributed by atoms with van der Waals surface area (Å²) in [5, 5.41) is 13.3. The summed E-state index contributed by atoms with van der Waals surface area (Å²) in [6.07, 6.45) is -0.522. The molecule has 0 bridgehead atoms. The standard InChI is InChI=1S/C25H31NO3/c1-24(2,3)20-15-19(22(27)21(16-20)25(4,5)6)13-10-14-26-23(28)29-17-18-11-8-7-9-12-18/h7-9,11-12,15-16,27H,14,17H2,1-6H3,(H,26,28). The van der Waals surface area contributed by atoms with Gasteiger partial charge >= 0.3 is 6.09 Å². The minimum absolute atomic E-state index is 0.0658. The second-order valence-electron chi connectivity index (χ2n) is 9.14. The number of aromatic hydroxyl groups is 1. The molecule has 0 atom stereocenters. The Balaban J connectivity index is 2.08. The maximum absolute atomic E-state index is 11.8. The minimum atomic E-state index is -0.522. The van der Waals surface area contributed by atoms with Crippen LogP contribution >= 0.6 is 0 Å². The van der Waals surface area contributed by atoms with Crippen molar-refractivity contribution in [2.45, 2.75) is 59.0 Å². The quantitative estimate of drug-likeness (QED) is 0.699. The van der Waals surface area contributed by atoms with Crippen LogP contribution in [0.4, 0.5) is 4.79 Å². The van der Waals surface area contributed by atoms with E-state index in [0.29, 0.717) is 5.56 Å². The molecular weight excluding hydrogens is 362 g/mol. The highest BCUT2D eigenvalue weighted by molar-refractivity contribution is 5.67. The van der Waals surface area contributed by atoms with Crippen LogP contribution in [-0.2, 0) is 22.2 Å². The zero-order chi connectivity index (χ0) is 21.7. The molecule has 0 aromatic heterocycles. The molecule has 4 nitrogen and oxygen atoms in total. The number of hydrogen-bond acceptors (Lipinski definition) is 3. The zero-order valence-corrected chi connectivity index (χ0v) is 18.2. The molecule has 0 spiro atoms. The number of phenols is 1. The summed E-state index contributed by atoms with van der Waals surface area (Å²) >= 11 is 0. The fourth-order valence-corrected chi connectivity index (χ4v) is 2.76. The van der Waals surface area contributed by atoms with Gasteiger partial charge in [0.1, 0.15) is 12.4 Å². The van der Waals surface area contributed by atoms with Crippen molar-refractivity contribution >= 4 is 6.09 Å². The number of phenolic OH excluding ortho intramolecular Hbond substituents is 1. The molecule has 0 aliphatic heterocycles. The predicted octanol–water partition coefficient (Wildman–Crippen LogP) is 5.27. The Hall–Kier alpha value is -2.93. The van der Waals surface area contributed by atoms with Crippen LogP contribution in [0.25, 0.3) is 0 Å². The Morgan fingerprint density at radius 2 is 1.69 bits per heavy atom. The minimum Gasteiger partial charge on any atom is -0.506 e. The SMILES string of the molecule is CC(C)(C)c1cc(C#CCNC(=O)OCc2ccccc2)c(O)c(C(C)(C)C)c1. The van der Waals surface area contributed by atoms with Crippen molar-refractivity contribution in [2.75, 3.05) is 6.54 Å². The summed E-state index contributed by atoms with van der Waals surface area (Å²) in [5.41, 5.74) is 3.20. The molecule has 0 aliphatic carbocycles. The molecule has 0 radical (unpaired) electrons. The van der Waals surface area contributed by atoms with Crippen LogP contribution in [0.5, 0.6) is 5.75 Å². The molecule has 2 aromatic rings. The highest BCUT2D eigenvalue weighted by Crippen LogP contribution is 2.37. The number of alkyl carbamates (subject to hydrolysis) is 1. The van der Waals surface area contributed by atoms with Gasteiger partial charge in [-0.15, -0.1) is 0 Å². The number of carbonyl (C=O) groups is 1. The van der Waals surface area contributed by atoms with Crippen LogP contribution < -0.4 is 5.32 Å². The number of nitrogens with one attached hydrogen (secondary N) is 1. The van der Waals surface area contributed by atoms with Crippen LogP contribution in [0.1, 0.15) is 63.8 Å². The summed E-state index contributed by atoms with van der Waals surface area (Å²) in [5.74, 6) is 6.10. The number of rotatable bonds is 3. The van der Waals surface area contributed by atoms with Gasteiger partial charge in [-0.05, 0) is 28.0 Å². The van der Waals surface area contributed by atoms with Crippen LogP contribution in [-0.4, -0.2) is 17.7 Å². The van der Waals surface area contributed by atoms with Gasteiger partial charge in [0.05, 0.1) is 12.1 Å². The Labute approximate surface area is 174 Å². The van der Waals surface area contributed by atoms with Gasteiger partial charge in [-0.25, -0.2) is 4.79 Å². The van der Waals surface area contributed by atoms with Crippen molar-refractivity contribution in [3.8, 4) is 17.6 Å². The van der Waals surface area contributed by atoms with Gasteiger partial charge in [0.15, 0.2) is 0 Å².